The molecule has 1 aromatic heterocycles. The van der Waals surface area contributed by atoms with Crippen LogP contribution in [0.1, 0.15) is 6.92 Å². The lowest BCUT2D eigenvalue weighted by Gasteiger charge is -2.35. The van der Waals surface area contributed by atoms with Gasteiger partial charge in [-0.25, -0.2) is 14.8 Å². The molecule has 0 atom stereocenters. The van der Waals surface area contributed by atoms with Crippen LogP contribution in [0.4, 0.5) is 22.0 Å². The van der Waals surface area contributed by atoms with Crippen molar-refractivity contribution in [1.29, 1.82) is 0 Å². The molecule has 5 rings (SSSR count). The third kappa shape index (κ3) is 5.35. The number of anilines is 3. The molecule has 0 aliphatic carbocycles. The highest BCUT2D eigenvalue weighted by Gasteiger charge is 2.23. The van der Waals surface area contributed by atoms with Crippen LogP contribution in [0.5, 0.6) is 11.5 Å². The van der Waals surface area contributed by atoms with Crippen molar-refractivity contribution in [2.75, 3.05) is 41.7 Å². The molecule has 1 fully saturated rings. The van der Waals surface area contributed by atoms with E-state index in [9.17, 15) is 9.59 Å². The van der Waals surface area contributed by atoms with E-state index in [0.29, 0.717) is 43.3 Å². The summed E-state index contributed by atoms with van der Waals surface area (Å²) in [5.74, 6) is 2.12. The maximum atomic E-state index is 12.8. The Morgan fingerprint density at radius 1 is 0.806 bits per heavy atom. The van der Waals surface area contributed by atoms with E-state index < -0.39 is 0 Å². The number of benzene rings is 3. The molecule has 0 spiro atoms. The number of aromatic nitrogens is 2. The zero-order valence-electron chi connectivity index (χ0n) is 19.8. The van der Waals surface area contributed by atoms with Crippen LogP contribution in [-0.4, -0.2) is 53.0 Å². The van der Waals surface area contributed by atoms with Crippen molar-refractivity contribution >= 4 is 40.0 Å². The number of rotatable bonds is 5. The Hall–Kier alpha value is -4.66. The molecule has 0 bridgehead atoms. The number of para-hydroxylation sites is 1. The molecular formula is C27H26N6O3. The summed E-state index contributed by atoms with van der Waals surface area (Å²) in [6.07, 6.45) is 1.54. The predicted octanol–water partition coefficient (Wildman–Crippen LogP) is 4.73. The Kier molecular flexibility index (Phi) is 6.61. The van der Waals surface area contributed by atoms with Crippen LogP contribution in [-0.2, 0) is 4.79 Å². The molecule has 2 heterocycles. The van der Waals surface area contributed by atoms with Crippen molar-refractivity contribution in [3.63, 3.8) is 0 Å². The van der Waals surface area contributed by atoms with Crippen molar-refractivity contribution in [2.24, 2.45) is 0 Å². The smallest absolute Gasteiger partial charge is 0.321 e. The van der Waals surface area contributed by atoms with Gasteiger partial charge in [0.2, 0.25) is 5.91 Å². The topological polar surface area (TPSA) is 99.7 Å². The van der Waals surface area contributed by atoms with Gasteiger partial charge in [-0.15, -0.1) is 0 Å². The SMILES string of the molecule is CC(=O)Nc1ccc2ncnc(N3CCN(C(=O)Nc4ccc(Oc5ccccc5)cc4)CC3)c2c1. The number of hydrogen-bond donors (Lipinski definition) is 2. The van der Waals surface area contributed by atoms with Gasteiger partial charge in [-0.3, -0.25) is 4.79 Å². The van der Waals surface area contributed by atoms with E-state index in [4.69, 9.17) is 4.74 Å². The summed E-state index contributed by atoms with van der Waals surface area (Å²) in [7, 11) is 0. The van der Waals surface area contributed by atoms with Crippen LogP contribution in [0, 0.1) is 0 Å². The van der Waals surface area contributed by atoms with Crippen LogP contribution in [0.15, 0.2) is 79.1 Å². The Bertz CT molecular complexity index is 1370. The van der Waals surface area contributed by atoms with Gasteiger partial charge < -0.3 is 25.2 Å². The highest BCUT2D eigenvalue weighted by Crippen LogP contribution is 2.27. The molecule has 1 aliphatic heterocycles. The Morgan fingerprint density at radius 2 is 1.50 bits per heavy atom. The van der Waals surface area contributed by atoms with Gasteiger partial charge in [0, 0.05) is 49.9 Å². The number of ether oxygens (including phenoxy) is 1. The lowest BCUT2D eigenvalue weighted by Crippen LogP contribution is -2.50. The molecule has 4 aromatic rings. The average Bonchev–Trinajstić information content (AvgIpc) is 2.90. The molecule has 3 amide bonds. The Balaban J connectivity index is 1.20. The number of hydrogen-bond acceptors (Lipinski definition) is 6. The van der Waals surface area contributed by atoms with Crippen LogP contribution in [0.25, 0.3) is 10.9 Å². The number of nitrogens with one attached hydrogen (secondary N) is 2. The number of urea groups is 1. The number of fused-ring (bicyclic) bond motifs is 1. The summed E-state index contributed by atoms with van der Waals surface area (Å²) < 4.78 is 5.81. The molecule has 1 saturated heterocycles. The summed E-state index contributed by atoms with van der Waals surface area (Å²) in [4.78, 5) is 37.1. The summed E-state index contributed by atoms with van der Waals surface area (Å²) in [5.41, 5.74) is 2.20. The average molecular weight is 483 g/mol. The molecule has 9 heteroatoms. The van der Waals surface area contributed by atoms with Gasteiger partial charge in [0.05, 0.1) is 5.52 Å². The minimum absolute atomic E-state index is 0.134. The maximum Gasteiger partial charge on any atom is 0.321 e. The zero-order chi connectivity index (χ0) is 24.9. The largest absolute Gasteiger partial charge is 0.457 e. The van der Waals surface area contributed by atoms with Crippen molar-refractivity contribution in [1.82, 2.24) is 14.9 Å². The van der Waals surface area contributed by atoms with Gasteiger partial charge in [-0.1, -0.05) is 18.2 Å². The van der Waals surface area contributed by atoms with Crippen molar-refractivity contribution in [3.8, 4) is 11.5 Å². The molecule has 0 saturated carbocycles. The number of carbonyl (C=O) groups excluding carboxylic acids is 2. The second kappa shape index (κ2) is 10.3. The van der Waals surface area contributed by atoms with Gasteiger partial charge in [-0.2, -0.15) is 0 Å². The third-order valence-corrected chi connectivity index (χ3v) is 5.89. The Morgan fingerprint density at radius 3 is 2.22 bits per heavy atom. The molecule has 182 valence electrons. The molecule has 1 aliphatic rings. The first-order valence-corrected chi connectivity index (χ1v) is 11.7. The van der Waals surface area contributed by atoms with Crippen molar-refractivity contribution in [3.05, 3.63) is 79.1 Å². The van der Waals surface area contributed by atoms with E-state index in [1.807, 2.05) is 72.8 Å². The summed E-state index contributed by atoms with van der Waals surface area (Å²) in [6, 6.07) is 22.3. The van der Waals surface area contributed by atoms with E-state index >= 15 is 0 Å². The van der Waals surface area contributed by atoms with Crippen LogP contribution in [0.3, 0.4) is 0 Å². The lowest BCUT2D eigenvalue weighted by molar-refractivity contribution is -0.114. The maximum absolute atomic E-state index is 12.8. The minimum atomic E-state index is -0.146. The minimum Gasteiger partial charge on any atom is -0.457 e. The third-order valence-electron chi connectivity index (χ3n) is 5.89. The number of nitrogens with zero attached hydrogens (tertiary/aromatic N) is 4. The lowest BCUT2D eigenvalue weighted by atomic mass is 10.2. The number of piperazine rings is 1. The normalized spacial score (nSPS) is 13.4. The van der Waals surface area contributed by atoms with Crippen LogP contribution < -0.4 is 20.3 Å². The quantitative estimate of drug-likeness (QED) is 0.427. The Labute approximate surface area is 208 Å². The van der Waals surface area contributed by atoms with E-state index in [0.717, 1.165) is 22.5 Å². The first-order valence-electron chi connectivity index (χ1n) is 11.7. The summed E-state index contributed by atoms with van der Waals surface area (Å²) >= 11 is 0. The predicted molar refractivity (Wildman–Crippen MR) is 140 cm³/mol. The number of amides is 3. The van der Waals surface area contributed by atoms with Crippen LogP contribution in [0.2, 0.25) is 0 Å². The van der Waals surface area contributed by atoms with E-state index in [1.165, 1.54) is 6.92 Å². The fourth-order valence-corrected chi connectivity index (χ4v) is 4.13. The van der Waals surface area contributed by atoms with Crippen molar-refractivity contribution < 1.29 is 14.3 Å². The molecule has 3 aromatic carbocycles. The van der Waals surface area contributed by atoms with Gasteiger partial charge >= 0.3 is 6.03 Å². The van der Waals surface area contributed by atoms with Gasteiger partial charge in [0.25, 0.3) is 0 Å². The van der Waals surface area contributed by atoms with E-state index in [2.05, 4.69) is 25.5 Å². The molecule has 2 N–H and O–H groups in total. The molecule has 9 nitrogen and oxygen atoms in total. The van der Waals surface area contributed by atoms with Gasteiger partial charge in [-0.05, 0) is 54.6 Å². The number of carbonyl (C=O) groups is 2. The first kappa shape index (κ1) is 23.1. The van der Waals surface area contributed by atoms with Gasteiger partial charge in [0.15, 0.2) is 0 Å². The van der Waals surface area contributed by atoms with Gasteiger partial charge in [0.1, 0.15) is 23.6 Å². The second-order valence-corrected chi connectivity index (χ2v) is 8.45. The van der Waals surface area contributed by atoms with E-state index in [1.54, 1.807) is 11.2 Å². The highest BCUT2D eigenvalue weighted by molar-refractivity contribution is 5.96. The standard InChI is InChI=1S/C27H26N6O3/c1-19(34)30-21-9-12-25-24(17-21)26(29-18-28-25)32-13-15-33(16-14-32)27(35)31-20-7-10-23(11-8-20)36-22-5-3-2-4-6-22/h2-12,17-18H,13-16H2,1H3,(H,30,34)(H,31,35). The summed E-state index contributed by atoms with van der Waals surface area (Å²) in [6.45, 7) is 3.85. The fraction of sp³-hybridized carbons (Fsp3) is 0.185. The monoisotopic (exact) mass is 482 g/mol. The van der Waals surface area contributed by atoms with Crippen molar-refractivity contribution in [2.45, 2.75) is 6.92 Å². The highest BCUT2D eigenvalue weighted by atomic mass is 16.5. The fourth-order valence-electron chi connectivity index (χ4n) is 4.13. The molecule has 0 radical (unpaired) electrons. The zero-order valence-corrected chi connectivity index (χ0v) is 19.8. The molecule has 0 unspecified atom stereocenters. The van der Waals surface area contributed by atoms with Crippen LogP contribution >= 0.6 is 0 Å². The molecule has 36 heavy (non-hydrogen) atoms. The summed E-state index contributed by atoms with van der Waals surface area (Å²) in [5, 5.41) is 6.63. The molecular weight excluding hydrogens is 456 g/mol. The van der Waals surface area contributed by atoms with E-state index in [-0.39, 0.29) is 11.9 Å². The first-order chi connectivity index (χ1) is 17.5. The second-order valence-electron chi connectivity index (χ2n) is 8.45.